The zero-order valence-electron chi connectivity index (χ0n) is 38.6. The lowest BCUT2D eigenvalue weighted by atomic mass is 10.1. The van der Waals surface area contributed by atoms with E-state index in [1.807, 2.05) is 20.9 Å². The molecule has 0 aliphatic carbocycles. The van der Waals surface area contributed by atoms with Crippen LogP contribution in [0.5, 0.6) is 0 Å². The van der Waals surface area contributed by atoms with Crippen molar-refractivity contribution < 1.29 is 54.9 Å². The summed E-state index contributed by atoms with van der Waals surface area (Å²) in [6, 6.07) is 0.829. The Balaban J connectivity index is -0.0000000386. The van der Waals surface area contributed by atoms with Gasteiger partial charge < -0.3 is 15.1 Å². The van der Waals surface area contributed by atoms with Crippen LogP contribution in [0.1, 0.15) is 83.0 Å². The number of rotatable bonds is 9. The molecular formula is C51H102N9O3+3. The highest BCUT2D eigenvalue weighted by atomic mass is 16.2. The molecule has 0 fully saturated rings. The summed E-state index contributed by atoms with van der Waals surface area (Å²) in [5.74, 6) is 50.2. The van der Waals surface area contributed by atoms with Crippen molar-refractivity contribution in [3.8, 4) is 119 Å². The van der Waals surface area contributed by atoms with Crippen molar-refractivity contribution in [2.45, 2.75) is 68.0 Å². The van der Waals surface area contributed by atoms with Gasteiger partial charge in [-0.3, -0.25) is 27.8 Å². The van der Waals surface area contributed by atoms with Gasteiger partial charge in [0.1, 0.15) is 44.8 Å². The molecule has 0 spiro atoms. The van der Waals surface area contributed by atoms with Gasteiger partial charge in [-0.1, -0.05) is 7.43 Å². The van der Waals surface area contributed by atoms with Crippen molar-refractivity contribution in [3.63, 3.8) is 0 Å². The van der Waals surface area contributed by atoms with Gasteiger partial charge in [0.25, 0.3) is 5.91 Å². The first-order valence-electron chi connectivity index (χ1n) is 20.2. The Morgan fingerprint density at radius 2 is 1.17 bits per heavy atom. The number of terminal acetylenes is 1. The van der Waals surface area contributed by atoms with E-state index in [9.17, 15) is 14.4 Å². The van der Waals surface area contributed by atoms with Gasteiger partial charge in [-0.15, -0.1) is 6.42 Å². The molecular weight excluding hydrogens is 787 g/mol. The van der Waals surface area contributed by atoms with Crippen LogP contribution in [0.2, 0.25) is 0 Å². The van der Waals surface area contributed by atoms with Gasteiger partial charge in [-0.05, 0) is 115 Å². The molecule has 12 nitrogen and oxygen atoms in total. The van der Waals surface area contributed by atoms with Crippen LogP contribution in [0.4, 0.5) is 0 Å². The van der Waals surface area contributed by atoms with E-state index in [0.717, 1.165) is 70.9 Å². The SMILES string of the molecule is C.C#CC#CC#CC#CC#CC#CC#CC#CC#CC#CC(=O)N(CC)CC[N+]1(C)CCN=C1C.CC(=O)N(C)CC1=NC(C)C(C)[N+]1(C)C.CC(=O)NCC[N+]1(C)CCN=C1C.[HH].[HH].[HH].[HH].[HH].[HH].[HH].[HH].[HH].[HH].[HH].[HH].[HH].[HH].[HH].[HH].[HH].[HH].[HH]. The Hall–Kier alpha value is -7.10. The third-order valence-electron chi connectivity index (χ3n) is 10.8. The van der Waals surface area contributed by atoms with E-state index in [-0.39, 0.29) is 52.3 Å². The Morgan fingerprint density at radius 3 is 1.52 bits per heavy atom. The fourth-order valence-electron chi connectivity index (χ4n) is 5.78. The average molecular weight is 889 g/mol. The maximum absolute atomic E-state index is 12.3. The molecule has 0 radical (unpaired) electrons. The van der Waals surface area contributed by atoms with E-state index in [0.29, 0.717) is 31.7 Å². The zero-order chi connectivity index (χ0) is 46.6. The summed E-state index contributed by atoms with van der Waals surface area (Å²) in [4.78, 5) is 51.0. The second-order valence-electron chi connectivity index (χ2n) is 15.2. The molecule has 4 atom stereocenters. The predicted molar refractivity (Wildman–Crippen MR) is 296 cm³/mol. The second-order valence-corrected chi connectivity index (χ2v) is 15.2. The molecule has 3 amide bonds. The maximum atomic E-state index is 12.3. The number of likely N-dealkylation sites (N-methyl/N-ethyl adjacent to an activating group) is 5. The number of carbonyl (C=O) groups excluding carboxylic acids is 3. The fourth-order valence-corrected chi connectivity index (χ4v) is 5.78. The molecule has 1 N–H and O–H groups in total. The van der Waals surface area contributed by atoms with Gasteiger partial charge in [-0.25, -0.2) is 15.0 Å². The van der Waals surface area contributed by atoms with Crippen LogP contribution >= 0.6 is 0 Å². The van der Waals surface area contributed by atoms with Gasteiger partial charge in [0.05, 0.1) is 54.4 Å². The molecule has 0 bridgehead atoms. The molecule has 4 unspecified atom stereocenters. The quantitative estimate of drug-likeness (QED) is 0.214. The minimum absolute atomic E-state index is 0. The lowest BCUT2D eigenvalue weighted by Crippen LogP contribution is -2.53. The molecule has 0 aromatic rings. The first kappa shape index (κ1) is 55.9. The van der Waals surface area contributed by atoms with Crippen LogP contribution in [-0.4, -0.2) is 171 Å². The summed E-state index contributed by atoms with van der Waals surface area (Å²) in [5.41, 5.74) is 0. The molecule has 3 rings (SSSR count). The standard InChI is InChI=1S/C30H20N3O.C11H22N3O.C9H17N3O.CH4.19H2/c1-5-7-8-9-10-11-12-13-14-15-16-17-18-19-20-21-22-23-24-30(34)32(6-2)26-28-33(4)27-25-31-29(33)3;1-8-9(2)14(5,6)11(12-8)7-13(4)10(3)15;1-8-10-4-6-12(8,3)7-5-11-9(2)13;;;;;;;;;;;;;;;;;;;;/h1H,6,25-28H2,2-4H3;8-9H,7H2,1-6H3;4-7H2,1-3H3;1H4;19*1H/q2*+1;;;;;;;;;;;;;;;;;;;;;/p+1. The highest BCUT2D eigenvalue weighted by molar-refractivity contribution is 5.94. The summed E-state index contributed by atoms with van der Waals surface area (Å²) in [5, 5.41) is 2.81. The normalized spacial score (nSPS) is 19.6. The largest absolute Gasteiger partial charge is 0.351 e. The van der Waals surface area contributed by atoms with Gasteiger partial charge >= 0.3 is 0 Å². The van der Waals surface area contributed by atoms with Crippen molar-refractivity contribution in [1.82, 2.24) is 15.1 Å². The molecule has 0 aromatic carbocycles. The van der Waals surface area contributed by atoms with Crippen LogP contribution in [0.25, 0.3) is 0 Å². The van der Waals surface area contributed by atoms with Crippen molar-refractivity contribution in [1.29, 1.82) is 0 Å². The average Bonchev–Trinajstić information content (AvgIpc) is 3.80. The van der Waals surface area contributed by atoms with Crippen molar-refractivity contribution in [2.75, 3.05) is 101 Å². The van der Waals surface area contributed by atoms with Crippen LogP contribution < -0.4 is 5.32 Å². The van der Waals surface area contributed by atoms with Crippen LogP contribution in [-0.2, 0) is 14.4 Å². The summed E-state index contributed by atoms with van der Waals surface area (Å²) in [7, 11) is 10.4. The Labute approximate surface area is 407 Å². The first-order valence-corrected chi connectivity index (χ1v) is 20.2. The van der Waals surface area contributed by atoms with Gasteiger partial charge in [0.2, 0.25) is 17.6 Å². The molecule has 0 saturated carbocycles. The number of amidine groups is 3. The molecule has 3 heterocycles. The number of amides is 3. The molecule has 63 heavy (non-hydrogen) atoms. The summed E-state index contributed by atoms with van der Waals surface area (Å²) < 4.78 is 2.43. The number of aliphatic imine (C=N–C) groups is 3. The second kappa shape index (κ2) is 29.2. The van der Waals surface area contributed by atoms with Gasteiger partial charge in [0, 0.05) is 86.2 Å². The van der Waals surface area contributed by atoms with Crippen LogP contribution in [0, 0.1) is 119 Å². The zero-order valence-corrected chi connectivity index (χ0v) is 38.6. The van der Waals surface area contributed by atoms with E-state index in [2.05, 4.69) is 182 Å². The van der Waals surface area contributed by atoms with E-state index < -0.39 is 0 Å². The number of hydrogen-bond donors (Lipinski definition) is 1. The topological polar surface area (TPSA) is 107 Å². The van der Waals surface area contributed by atoms with Gasteiger partial charge in [0.15, 0.2) is 11.7 Å². The minimum atomic E-state index is -0.254. The fraction of sp³-hybridized carbons (Fsp3) is 0.490. The molecule has 12 heteroatoms. The molecule has 366 valence electrons. The lowest BCUT2D eigenvalue weighted by molar-refractivity contribution is -0.820. The van der Waals surface area contributed by atoms with E-state index in [1.165, 1.54) is 5.84 Å². The van der Waals surface area contributed by atoms with Crippen LogP contribution in [0.15, 0.2) is 15.0 Å². The van der Waals surface area contributed by atoms with E-state index in [4.69, 9.17) is 6.42 Å². The number of quaternary nitrogens is 3. The Morgan fingerprint density at radius 1 is 0.746 bits per heavy atom. The predicted octanol–water partition coefficient (Wildman–Crippen LogP) is 6.42. The molecule has 0 saturated heterocycles. The van der Waals surface area contributed by atoms with Gasteiger partial charge in [-0.2, -0.15) is 0 Å². The third kappa shape index (κ3) is 20.8. The molecule has 3 aliphatic heterocycles. The van der Waals surface area contributed by atoms with Crippen LogP contribution in [0.3, 0.4) is 0 Å². The number of nitrogens with zero attached hydrogens (tertiary/aromatic N) is 8. The Bertz CT molecular complexity index is 2470. The monoisotopic (exact) mass is 889 g/mol. The molecule has 0 aromatic heterocycles. The van der Waals surface area contributed by atoms with E-state index in [1.54, 1.807) is 23.6 Å². The molecule has 3 aliphatic rings. The number of nitrogens with one attached hydrogen (secondary N) is 1. The minimum Gasteiger partial charge on any atom is -0.351 e. The Kier molecular flexibility index (Phi) is 25.9. The van der Waals surface area contributed by atoms with Crippen molar-refractivity contribution in [2.24, 2.45) is 15.0 Å². The number of hydrogen-bond acceptors (Lipinski definition) is 6. The summed E-state index contributed by atoms with van der Waals surface area (Å²) in [6.45, 7) is 21.6. The highest BCUT2D eigenvalue weighted by Crippen LogP contribution is 2.22. The first-order chi connectivity index (χ1) is 29.3. The summed E-state index contributed by atoms with van der Waals surface area (Å²) in [6.07, 6.45) is 4.94. The number of carbonyl (C=O) groups is 3. The summed E-state index contributed by atoms with van der Waals surface area (Å²) >= 11 is 0. The smallest absolute Gasteiger partial charge is 0.299 e. The van der Waals surface area contributed by atoms with E-state index >= 15 is 0 Å². The lowest BCUT2D eigenvalue weighted by Gasteiger charge is -2.32. The van der Waals surface area contributed by atoms with Crippen molar-refractivity contribution in [3.05, 3.63) is 0 Å². The third-order valence-corrected chi connectivity index (χ3v) is 10.8. The van der Waals surface area contributed by atoms with Crippen molar-refractivity contribution >= 4 is 35.2 Å². The maximum Gasteiger partial charge on any atom is 0.299 e. The highest BCUT2D eigenvalue weighted by Gasteiger charge is 2.41.